The third kappa shape index (κ3) is 1.59. The SMILES string of the molecule is CC(F)c1cccc(C2(O)CC2)c1. The molecule has 2 rings (SSSR count). The first-order valence-corrected chi connectivity index (χ1v) is 4.59. The summed E-state index contributed by atoms with van der Waals surface area (Å²) in [4.78, 5) is 0. The van der Waals surface area contributed by atoms with E-state index in [9.17, 15) is 9.50 Å². The van der Waals surface area contributed by atoms with Gasteiger partial charge in [-0.3, -0.25) is 0 Å². The molecule has 0 amide bonds. The van der Waals surface area contributed by atoms with Gasteiger partial charge in [0.15, 0.2) is 0 Å². The van der Waals surface area contributed by atoms with Gasteiger partial charge in [0, 0.05) is 0 Å². The molecule has 1 aliphatic rings. The van der Waals surface area contributed by atoms with Crippen LogP contribution in [0.25, 0.3) is 0 Å². The van der Waals surface area contributed by atoms with Crippen LogP contribution in [-0.4, -0.2) is 5.11 Å². The van der Waals surface area contributed by atoms with E-state index in [1.165, 1.54) is 6.92 Å². The fourth-order valence-electron chi connectivity index (χ4n) is 1.48. The normalized spacial score (nSPS) is 21.2. The maximum Gasteiger partial charge on any atom is 0.122 e. The number of hydrogen-bond acceptors (Lipinski definition) is 1. The van der Waals surface area contributed by atoms with Crippen molar-refractivity contribution >= 4 is 0 Å². The predicted molar refractivity (Wildman–Crippen MR) is 49.1 cm³/mol. The molecule has 0 aromatic heterocycles. The van der Waals surface area contributed by atoms with E-state index < -0.39 is 11.8 Å². The van der Waals surface area contributed by atoms with E-state index in [1.54, 1.807) is 18.2 Å². The van der Waals surface area contributed by atoms with Gasteiger partial charge in [-0.15, -0.1) is 0 Å². The van der Waals surface area contributed by atoms with Crippen LogP contribution in [0.3, 0.4) is 0 Å². The first-order chi connectivity index (χ1) is 6.12. The number of hydrogen-bond donors (Lipinski definition) is 1. The molecule has 1 fully saturated rings. The Morgan fingerprint density at radius 3 is 2.69 bits per heavy atom. The highest BCUT2D eigenvalue weighted by atomic mass is 19.1. The monoisotopic (exact) mass is 180 g/mol. The topological polar surface area (TPSA) is 20.2 Å². The van der Waals surface area contributed by atoms with Crippen molar-refractivity contribution in [1.29, 1.82) is 0 Å². The Labute approximate surface area is 77.2 Å². The Morgan fingerprint density at radius 2 is 2.15 bits per heavy atom. The number of benzene rings is 1. The molecule has 1 N–H and O–H groups in total. The minimum Gasteiger partial charge on any atom is -0.385 e. The van der Waals surface area contributed by atoms with Gasteiger partial charge in [0.05, 0.1) is 5.60 Å². The molecule has 1 nitrogen and oxygen atoms in total. The van der Waals surface area contributed by atoms with Crippen LogP contribution in [0.1, 0.15) is 37.1 Å². The van der Waals surface area contributed by atoms with Crippen molar-refractivity contribution in [3.63, 3.8) is 0 Å². The molecule has 0 spiro atoms. The van der Waals surface area contributed by atoms with Crippen LogP contribution < -0.4 is 0 Å². The zero-order valence-electron chi connectivity index (χ0n) is 7.63. The van der Waals surface area contributed by atoms with Crippen molar-refractivity contribution in [2.24, 2.45) is 0 Å². The molecule has 0 saturated heterocycles. The van der Waals surface area contributed by atoms with Gasteiger partial charge in [-0.25, -0.2) is 4.39 Å². The maximum absolute atomic E-state index is 12.9. The second kappa shape index (κ2) is 2.81. The van der Waals surface area contributed by atoms with E-state index >= 15 is 0 Å². The summed E-state index contributed by atoms with van der Waals surface area (Å²) in [6.07, 6.45) is 0.649. The number of halogens is 1. The summed E-state index contributed by atoms with van der Waals surface area (Å²) in [7, 11) is 0. The van der Waals surface area contributed by atoms with Crippen LogP contribution in [-0.2, 0) is 5.60 Å². The van der Waals surface area contributed by atoms with Crippen molar-refractivity contribution in [3.05, 3.63) is 35.4 Å². The van der Waals surface area contributed by atoms with Crippen LogP contribution in [0.2, 0.25) is 0 Å². The zero-order chi connectivity index (χ0) is 9.47. The smallest absolute Gasteiger partial charge is 0.122 e. The summed E-state index contributed by atoms with van der Waals surface area (Å²) < 4.78 is 12.9. The summed E-state index contributed by atoms with van der Waals surface area (Å²) in [6, 6.07) is 7.17. The van der Waals surface area contributed by atoms with Gasteiger partial charge in [0.25, 0.3) is 0 Å². The van der Waals surface area contributed by atoms with Gasteiger partial charge in [0.2, 0.25) is 0 Å². The van der Waals surface area contributed by atoms with Gasteiger partial charge in [-0.2, -0.15) is 0 Å². The predicted octanol–water partition coefficient (Wildman–Crippen LogP) is 2.70. The van der Waals surface area contributed by atoms with E-state index in [0.29, 0.717) is 5.56 Å². The molecular formula is C11H13FO. The number of alkyl halides is 1. The molecule has 1 unspecified atom stereocenters. The average Bonchev–Trinajstić information content (AvgIpc) is 2.85. The second-order valence-electron chi connectivity index (χ2n) is 3.77. The summed E-state index contributed by atoms with van der Waals surface area (Å²) in [6.45, 7) is 1.51. The lowest BCUT2D eigenvalue weighted by Crippen LogP contribution is -2.04. The van der Waals surface area contributed by atoms with Crippen LogP contribution in [0.4, 0.5) is 4.39 Å². The van der Waals surface area contributed by atoms with Crippen molar-refractivity contribution < 1.29 is 9.50 Å². The quantitative estimate of drug-likeness (QED) is 0.741. The lowest BCUT2D eigenvalue weighted by Gasteiger charge is -2.10. The lowest BCUT2D eigenvalue weighted by molar-refractivity contribution is 0.151. The van der Waals surface area contributed by atoms with Gasteiger partial charge < -0.3 is 5.11 Å². The standard InChI is InChI=1S/C11H13FO/c1-8(12)9-3-2-4-10(7-9)11(13)5-6-11/h2-4,7-8,13H,5-6H2,1H3. The first kappa shape index (κ1) is 8.70. The number of rotatable bonds is 2. The van der Waals surface area contributed by atoms with Crippen LogP contribution >= 0.6 is 0 Å². The van der Waals surface area contributed by atoms with E-state index in [1.807, 2.05) is 6.07 Å². The molecule has 0 radical (unpaired) electrons. The molecule has 2 heteroatoms. The van der Waals surface area contributed by atoms with Crippen molar-refractivity contribution in [2.75, 3.05) is 0 Å². The van der Waals surface area contributed by atoms with E-state index in [4.69, 9.17) is 0 Å². The fraction of sp³-hybridized carbons (Fsp3) is 0.455. The molecule has 70 valence electrons. The van der Waals surface area contributed by atoms with E-state index in [2.05, 4.69) is 0 Å². The maximum atomic E-state index is 12.9. The van der Waals surface area contributed by atoms with Crippen LogP contribution in [0.15, 0.2) is 24.3 Å². The van der Waals surface area contributed by atoms with Crippen LogP contribution in [0.5, 0.6) is 0 Å². The molecular weight excluding hydrogens is 167 g/mol. The summed E-state index contributed by atoms with van der Waals surface area (Å²) in [5.74, 6) is 0. The molecule has 0 bridgehead atoms. The van der Waals surface area contributed by atoms with Gasteiger partial charge in [-0.05, 0) is 30.9 Å². The highest BCUT2D eigenvalue weighted by Crippen LogP contribution is 2.45. The third-order valence-corrected chi connectivity index (χ3v) is 2.61. The molecule has 1 saturated carbocycles. The molecule has 1 aromatic carbocycles. The van der Waals surface area contributed by atoms with Gasteiger partial charge >= 0.3 is 0 Å². The van der Waals surface area contributed by atoms with E-state index in [-0.39, 0.29) is 0 Å². The minimum atomic E-state index is -0.956. The second-order valence-corrected chi connectivity index (χ2v) is 3.77. The average molecular weight is 180 g/mol. The molecule has 13 heavy (non-hydrogen) atoms. The Balaban J connectivity index is 2.33. The summed E-state index contributed by atoms with van der Waals surface area (Å²) in [5.41, 5.74) is 0.859. The minimum absolute atomic E-state index is 0.648. The van der Waals surface area contributed by atoms with Gasteiger partial charge in [-0.1, -0.05) is 24.3 Å². The highest BCUT2D eigenvalue weighted by molar-refractivity contribution is 5.32. The largest absolute Gasteiger partial charge is 0.385 e. The third-order valence-electron chi connectivity index (χ3n) is 2.61. The van der Waals surface area contributed by atoms with Crippen molar-refractivity contribution in [2.45, 2.75) is 31.5 Å². The van der Waals surface area contributed by atoms with Crippen LogP contribution in [0, 0.1) is 0 Å². The Bertz CT molecular complexity index is 316. The summed E-state index contributed by atoms with van der Waals surface area (Å²) >= 11 is 0. The molecule has 1 atom stereocenters. The Morgan fingerprint density at radius 1 is 1.46 bits per heavy atom. The van der Waals surface area contributed by atoms with Gasteiger partial charge in [0.1, 0.15) is 6.17 Å². The molecule has 0 aliphatic heterocycles. The molecule has 0 heterocycles. The molecule has 1 aromatic rings. The zero-order valence-corrected chi connectivity index (χ0v) is 7.63. The summed E-state index contributed by atoms with van der Waals surface area (Å²) in [5, 5.41) is 9.78. The first-order valence-electron chi connectivity index (χ1n) is 4.59. The fourth-order valence-corrected chi connectivity index (χ4v) is 1.48. The highest BCUT2D eigenvalue weighted by Gasteiger charge is 2.42. The van der Waals surface area contributed by atoms with Crippen molar-refractivity contribution in [3.8, 4) is 0 Å². The molecule has 1 aliphatic carbocycles. The van der Waals surface area contributed by atoms with E-state index in [0.717, 1.165) is 18.4 Å². The lowest BCUT2D eigenvalue weighted by atomic mass is 10.0. The Kier molecular flexibility index (Phi) is 1.88. The van der Waals surface area contributed by atoms with Crippen molar-refractivity contribution in [1.82, 2.24) is 0 Å². The Hall–Kier alpha value is -0.890. The number of aliphatic hydroxyl groups is 1.